The van der Waals surface area contributed by atoms with E-state index < -0.39 is 12.1 Å². The van der Waals surface area contributed by atoms with Gasteiger partial charge in [-0.25, -0.2) is 0 Å². The average molecular weight is 485 g/mol. The van der Waals surface area contributed by atoms with Crippen molar-refractivity contribution in [1.29, 1.82) is 0 Å². The Kier molecular flexibility index (Phi) is 20.5. The van der Waals surface area contributed by atoms with Crippen LogP contribution in [0.5, 0.6) is 0 Å². The molecule has 1 N–H and O–H groups in total. The van der Waals surface area contributed by atoms with Crippen molar-refractivity contribution in [1.82, 2.24) is 0 Å². The summed E-state index contributed by atoms with van der Waals surface area (Å²) in [5.74, 6) is -0.330. The Bertz CT molecular complexity index is 501. The number of carboxylic acids is 1. The van der Waals surface area contributed by atoms with Gasteiger partial charge in [-0.1, -0.05) is 117 Å². The maximum Gasteiger partial charge on any atom is 0.307 e. The molecule has 0 aliphatic rings. The van der Waals surface area contributed by atoms with Crippen molar-refractivity contribution in [3.63, 3.8) is 0 Å². The maximum atomic E-state index is 12.1. The Morgan fingerprint density at radius 2 is 1.18 bits per heavy atom. The molecule has 202 valence electrons. The number of quaternary nitrogens is 1. The highest BCUT2D eigenvalue weighted by atomic mass is 16.5. The standard InChI is InChI=1S/C29H57NO4/c1-6-7-8-9-10-11-12-15-18-21-26(2)22-19-16-13-14-17-20-23-29(33)34-27(24-28(31)32)25-30(3,4)5/h26-27H,6-25H2,1-5H3/p+1. The minimum Gasteiger partial charge on any atom is -0.481 e. The number of hydrogen-bond donors (Lipinski definition) is 1. The molecule has 0 heterocycles. The molecule has 0 saturated carbocycles. The molecule has 0 bridgehead atoms. The van der Waals surface area contributed by atoms with Gasteiger partial charge in [-0.2, -0.15) is 0 Å². The summed E-state index contributed by atoms with van der Waals surface area (Å²) in [6.07, 6.45) is 22.0. The summed E-state index contributed by atoms with van der Waals surface area (Å²) < 4.78 is 6.02. The topological polar surface area (TPSA) is 63.6 Å². The zero-order valence-corrected chi connectivity index (χ0v) is 23.4. The van der Waals surface area contributed by atoms with Crippen LogP contribution in [0.1, 0.15) is 136 Å². The minimum atomic E-state index is -0.922. The largest absolute Gasteiger partial charge is 0.481 e. The third-order valence-electron chi connectivity index (χ3n) is 6.58. The second-order valence-corrected chi connectivity index (χ2v) is 11.6. The van der Waals surface area contributed by atoms with E-state index in [2.05, 4.69) is 13.8 Å². The third kappa shape index (κ3) is 24.0. The van der Waals surface area contributed by atoms with Gasteiger partial charge in [0.2, 0.25) is 0 Å². The van der Waals surface area contributed by atoms with Crippen molar-refractivity contribution in [3.05, 3.63) is 0 Å². The highest BCUT2D eigenvalue weighted by Crippen LogP contribution is 2.19. The molecule has 0 saturated heterocycles. The quantitative estimate of drug-likeness (QED) is 0.0863. The van der Waals surface area contributed by atoms with Crippen molar-refractivity contribution < 1.29 is 23.9 Å². The molecule has 5 nitrogen and oxygen atoms in total. The molecule has 2 atom stereocenters. The van der Waals surface area contributed by atoms with E-state index >= 15 is 0 Å². The Morgan fingerprint density at radius 3 is 1.62 bits per heavy atom. The number of nitrogens with zero attached hydrogens (tertiary/aromatic N) is 1. The highest BCUT2D eigenvalue weighted by molar-refractivity contribution is 5.71. The summed E-state index contributed by atoms with van der Waals surface area (Å²) in [4.78, 5) is 23.1. The van der Waals surface area contributed by atoms with Gasteiger partial charge in [0.05, 0.1) is 27.6 Å². The lowest BCUT2D eigenvalue weighted by atomic mass is 9.96. The predicted molar refractivity (Wildman–Crippen MR) is 143 cm³/mol. The van der Waals surface area contributed by atoms with E-state index in [1.54, 1.807) is 0 Å². The van der Waals surface area contributed by atoms with E-state index in [-0.39, 0.29) is 12.4 Å². The number of ether oxygens (including phenoxy) is 1. The predicted octanol–water partition coefficient (Wildman–Crippen LogP) is 7.76. The summed E-state index contributed by atoms with van der Waals surface area (Å²) in [7, 11) is 5.92. The van der Waals surface area contributed by atoms with Gasteiger partial charge in [0.1, 0.15) is 6.54 Å². The summed E-state index contributed by atoms with van der Waals surface area (Å²) in [6.45, 7) is 5.20. The van der Waals surface area contributed by atoms with Gasteiger partial charge in [0.25, 0.3) is 0 Å². The van der Waals surface area contributed by atoms with E-state index in [9.17, 15) is 9.59 Å². The zero-order valence-electron chi connectivity index (χ0n) is 23.4. The third-order valence-corrected chi connectivity index (χ3v) is 6.58. The summed E-state index contributed by atoms with van der Waals surface area (Å²) >= 11 is 0. The number of carboxylic acid groups (broad SMARTS) is 1. The van der Waals surface area contributed by atoms with E-state index in [0.717, 1.165) is 25.2 Å². The van der Waals surface area contributed by atoms with Gasteiger partial charge >= 0.3 is 11.9 Å². The fourth-order valence-electron chi connectivity index (χ4n) is 4.61. The maximum absolute atomic E-state index is 12.1. The molecule has 34 heavy (non-hydrogen) atoms. The smallest absolute Gasteiger partial charge is 0.307 e. The Labute approximate surface area is 211 Å². The number of esters is 1. The van der Waals surface area contributed by atoms with Crippen LogP contribution < -0.4 is 0 Å². The lowest BCUT2D eigenvalue weighted by Gasteiger charge is -2.28. The van der Waals surface area contributed by atoms with Gasteiger partial charge in [0.15, 0.2) is 6.10 Å². The summed E-state index contributed by atoms with van der Waals surface area (Å²) in [6, 6.07) is 0. The van der Waals surface area contributed by atoms with Gasteiger partial charge < -0.3 is 14.3 Å². The van der Waals surface area contributed by atoms with E-state index in [1.165, 1.54) is 89.9 Å². The number of likely N-dealkylation sites (N-methyl/N-ethyl adjacent to an activating group) is 1. The van der Waals surface area contributed by atoms with Gasteiger partial charge in [0, 0.05) is 6.42 Å². The molecular formula is C29H58NO4+. The number of carbonyl (C=O) groups excluding carboxylic acids is 1. The van der Waals surface area contributed by atoms with Gasteiger partial charge in [-0.15, -0.1) is 0 Å². The van der Waals surface area contributed by atoms with Crippen molar-refractivity contribution in [2.45, 2.75) is 142 Å². The molecule has 0 aromatic rings. The first kappa shape index (κ1) is 32.9. The first-order valence-electron chi connectivity index (χ1n) is 14.4. The summed E-state index contributed by atoms with van der Waals surface area (Å²) in [5.41, 5.74) is 0. The minimum absolute atomic E-state index is 0.126. The highest BCUT2D eigenvalue weighted by Gasteiger charge is 2.24. The molecular weight excluding hydrogens is 426 g/mol. The van der Waals surface area contributed by atoms with Crippen molar-refractivity contribution in [2.24, 2.45) is 5.92 Å². The van der Waals surface area contributed by atoms with Gasteiger partial charge in [-0.05, 0) is 12.3 Å². The number of carbonyl (C=O) groups is 2. The van der Waals surface area contributed by atoms with Crippen molar-refractivity contribution >= 4 is 11.9 Å². The molecule has 2 unspecified atom stereocenters. The molecule has 0 rings (SSSR count). The Hall–Kier alpha value is -1.10. The fourth-order valence-corrected chi connectivity index (χ4v) is 4.61. The van der Waals surface area contributed by atoms with E-state index in [1.807, 2.05) is 21.1 Å². The number of unbranched alkanes of at least 4 members (excludes halogenated alkanes) is 13. The molecule has 0 aliphatic heterocycles. The van der Waals surface area contributed by atoms with Crippen molar-refractivity contribution in [2.75, 3.05) is 27.7 Å². The lowest BCUT2D eigenvalue weighted by molar-refractivity contribution is -0.873. The van der Waals surface area contributed by atoms with Crippen LogP contribution in [0.2, 0.25) is 0 Å². The second kappa shape index (κ2) is 21.2. The molecule has 0 amide bonds. The van der Waals surface area contributed by atoms with Crippen molar-refractivity contribution in [3.8, 4) is 0 Å². The van der Waals surface area contributed by atoms with E-state index in [4.69, 9.17) is 9.84 Å². The monoisotopic (exact) mass is 484 g/mol. The second-order valence-electron chi connectivity index (χ2n) is 11.6. The molecule has 0 fully saturated rings. The number of rotatable bonds is 24. The first-order valence-corrected chi connectivity index (χ1v) is 14.4. The van der Waals surface area contributed by atoms with Crippen LogP contribution in [0.15, 0.2) is 0 Å². The van der Waals surface area contributed by atoms with Gasteiger partial charge in [-0.3, -0.25) is 9.59 Å². The van der Waals surface area contributed by atoms with Crippen LogP contribution in [0.4, 0.5) is 0 Å². The molecule has 0 aliphatic carbocycles. The Morgan fingerprint density at radius 1 is 0.735 bits per heavy atom. The van der Waals surface area contributed by atoms with Crippen LogP contribution >= 0.6 is 0 Å². The number of hydrogen-bond acceptors (Lipinski definition) is 3. The summed E-state index contributed by atoms with van der Waals surface area (Å²) in [5, 5.41) is 9.05. The average Bonchev–Trinajstić information content (AvgIpc) is 2.72. The van der Waals surface area contributed by atoms with Crippen LogP contribution in [0.25, 0.3) is 0 Å². The number of aliphatic carboxylic acids is 1. The van der Waals surface area contributed by atoms with Crippen LogP contribution in [-0.4, -0.2) is 55.3 Å². The first-order chi connectivity index (χ1) is 16.1. The zero-order chi connectivity index (χ0) is 25.7. The fraction of sp³-hybridized carbons (Fsp3) is 0.931. The SMILES string of the molecule is CCCCCCCCCCCC(C)CCCCCCCCC(=O)OC(CC(=O)O)C[N+](C)(C)C. The molecule has 0 radical (unpaired) electrons. The lowest BCUT2D eigenvalue weighted by Crippen LogP contribution is -2.43. The van der Waals surface area contributed by atoms with Crippen LogP contribution in [0.3, 0.4) is 0 Å². The molecule has 0 aromatic heterocycles. The van der Waals surface area contributed by atoms with Crippen LogP contribution in [0, 0.1) is 5.92 Å². The Balaban J connectivity index is 3.60. The molecule has 0 spiro atoms. The van der Waals surface area contributed by atoms with Crippen LogP contribution in [-0.2, 0) is 14.3 Å². The molecule has 5 heteroatoms. The molecule has 0 aromatic carbocycles. The van der Waals surface area contributed by atoms with E-state index in [0.29, 0.717) is 17.4 Å². The normalized spacial score (nSPS) is 13.6.